The average molecular weight is 464 g/mol. The summed E-state index contributed by atoms with van der Waals surface area (Å²) < 4.78 is 0. The number of anilines is 1. The molecule has 2 aromatic carbocycles. The molecule has 0 spiro atoms. The molecular weight excluding hydrogens is 438 g/mol. The second kappa shape index (κ2) is 9.63. The molecule has 0 bridgehead atoms. The van der Waals surface area contributed by atoms with Crippen LogP contribution in [0.2, 0.25) is 0 Å². The van der Waals surface area contributed by atoms with Crippen LogP contribution in [0.3, 0.4) is 0 Å². The van der Waals surface area contributed by atoms with Crippen LogP contribution in [0.4, 0.5) is 5.00 Å². The van der Waals surface area contributed by atoms with Gasteiger partial charge in [0.05, 0.1) is 11.5 Å². The molecule has 0 saturated carbocycles. The number of nitrogens with one attached hydrogen (secondary N) is 2. The van der Waals surface area contributed by atoms with Crippen molar-refractivity contribution in [3.63, 3.8) is 0 Å². The molecule has 164 valence electrons. The molecular formula is C25H25N3O2S2. The molecule has 4 rings (SSSR count). The van der Waals surface area contributed by atoms with Gasteiger partial charge in [0.25, 0.3) is 5.91 Å². The van der Waals surface area contributed by atoms with E-state index >= 15 is 0 Å². The zero-order valence-electron chi connectivity index (χ0n) is 17.8. The lowest BCUT2D eigenvalue weighted by Crippen LogP contribution is -2.38. The van der Waals surface area contributed by atoms with Gasteiger partial charge in [-0.25, -0.2) is 0 Å². The SMILES string of the molecule is C[C@@H]1CCc2c(sc(NC(=S)NC(=O)C(c3ccccc3)c3ccccc3)c2C(N)=O)C1. The van der Waals surface area contributed by atoms with Gasteiger partial charge in [0.15, 0.2) is 5.11 Å². The maximum absolute atomic E-state index is 13.3. The number of benzene rings is 2. The van der Waals surface area contributed by atoms with E-state index in [1.165, 1.54) is 16.2 Å². The van der Waals surface area contributed by atoms with Crippen LogP contribution >= 0.6 is 23.6 Å². The van der Waals surface area contributed by atoms with Crippen LogP contribution in [0.15, 0.2) is 60.7 Å². The summed E-state index contributed by atoms with van der Waals surface area (Å²) in [6, 6.07) is 19.2. The molecule has 2 amide bonds. The lowest BCUT2D eigenvalue weighted by molar-refractivity contribution is -0.120. The molecule has 0 fully saturated rings. The van der Waals surface area contributed by atoms with Crippen molar-refractivity contribution in [3.05, 3.63) is 87.8 Å². The number of thiocarbonyl (C=S) groups is 1. The van der Waals surface area contributed by atoms with Gasteiger partial charge in [-0.05, 0) is 54.1 Å². The predicted octanol–water partition coefficient (Wildman–Crippen LogP) is 4.62. The molecule has 5 nitrogen and oxygen atoms in total. The highest BCUT2D eigenvalue weighted by atomic mass is 32.1. The van der Waals surface area contributed by atoms with Gasteiger partial charge in [0.2, 0.25) is 5.91 Å². The van der Waals surface area contributed by atoms with Crippen LogP contribution in [-0.4, -0.2) is 16.9 Å². The van der Waals surface area contributed by atoms with Gasteiger partial charge >= 0.3 is 0 Å². The van der Waals surface area contributed by atoms with Crippen LogP contribution in [0.25, 0.3) is 0 Å². The largest absolute Gasteiger partial charge is 0.365 e. The summed E-state index contributed by atoms with van der Waals surface area (Å²) in [5.74, 6) is -0.653. The summed E-state index contributed by atoms with van der Waals surface area (Å²) >= 11 is 6.95. The van der Waals surface area contributed by atoms with Crippen LogP contribution in [0.1, 0.15) is 51.2 Å². The van der Waals surface area contributed by atoms with Gasteiger partial charge < -0.3 is 16.4 Å². The Hall–Kier alpha value is -3.03. The molecule has 0 radical (unpaired) electrons. The van der Waals surface area contributed by atoms with Crippen molar-refractivity contribution in [2.24, 2.45) is 11.7 Å². The topological polar surface area (TPSA) is 84.2 Å². The van der Waals surface area contributed by atoms with E-state index in [1.54, 1.807) is 0 Å². The minimum Gasteiger partial charge on any atom is -0.365 e. The number of nitrogens with two attached hydrogens (primary N) is 1. The van der Waals surface area contributed by atoms with E-state index in [9.17, 15) is 9.59 Å². The summed E-state index contributed by atoms with van der Waals surface area (Å²) in [5.41, 5.74) is 8.95. The third-order valence-electron chi connectivity index (χ3n) is 5.75. The van der Waals surface area contributed by atoms with Crippen molar-refractivity contribution in [1.82, 2.24) is 5.32 Å². The average Bonchev–Trinajstić information content (AvgIpc) is 3.12. The number of primary amides is 1. The van der Waals surface area contributed by atoms with Crippen molar-refractivity contribution >= 4 is 45.5 Å². The van der Waals surface area contributed by atoms with Gasteiger partial charge in [-0.15, -0.1) is 11.3 Å². The maximum Gasteiger partial charge on any atom is 0.251 e. The Labute approximate surface area is 197 Å². The Morgan fingerprint density at radius 1 is 1.06 bits per heavy atom. The fraction of sp³-hybridized carbons (Fsp3) is 0.240. The predicted molar refractivity (Wildman–Crippen MR) is 133 cm³/mol. The van der Waals surface area contributed by atoms with E-state index in [4.69, 9.17) is 18.0 Å². The Kier molecular flexibility index (Phi) is 6.67. The second-order valence-corrected chi connectivity index (χ2v) is 9.63. The first kappa shape index (κ1) is 22.2. The van der Waals surface area contributed by atoms with E-state index < -0.39 is 11.8 Å². The van der Waals surface area contributed by atoms with E-state index in [-0.39, 0.29) is 11.0 Å². The van der Waals surface area contributed by atoms with E-state index in [0.717, 1.165) is 36.0 Å². The molecule has 3 aromatic rings. The van der Waals surface area contributed by atoms with E-state index in [0.29, 0.717) is 16.5 Å². The lowest BCUT2D eigenvalue weighted by atomic mass is 9.88. The van der Waals surface area contributed by atoms with Crippen LogP contribution in [0.5, 0.6) is 0 Å². The number of carbonyl (C=O) groups is 2. The second-order valence-electron chi connectivity index (χ2n) is 8.12. The van der Waals surface area contributed by atoms with Crippen molar-refractivity contribution in [3.8, 4) is 0 Å². The first-order valence-electron chi connectivity index (χ1n) is 10.6. The molecule has 1 atom stereocenters. The smallest absolute Gasteiger partial charge is 0.251 e. The third kappa shape index (κ3) is 4.74. The summed E-state index contributed by atoms with van der Waals surface area (Å²) in [5, 5.41) is 6.65. The maximum atomic E-state index is 13.3. The van der Waals surface area contributed by atoms with Crippen molar-refractivity contribution in [1.29, 1.82) is 0 Å². The lowest BCUT2D eigenvalue weighted by Gasteiger charge is -2.19. The van der Waals surface area contributed by atoms with Gasteiger partial charge in [-0.3, -0.25) is 9.59 Å². The molecule has 32 heavy (non-hydrogen) atoms. The molecule has 1 aliphatic rings. The minimum atomic E-state index is -0.509. The van der Waals surface area contributed by atoms with E-state index in [2.05, 4.69) is 17.6 Å². The fourth-order valence-electron chi connectivity index (χ4n) is 4.20. The molecule has 7 heteroatoms. The quantitative estimate of drug-likeness (QED) is 0.482. The van der Waals surface area contributed by atoms with Crippen LogP contribution in [0, 0.1) is 5.92 Å². The Balaban J connectivity index is 1.56. The zero-order valence-corrected chi connectivity index (χ0v) is 19.4. The standard InChI is InChI=1S/C25H25N3O2S2/c1-15-12-13-18-19(14-15)32-24(21(18)22(26)29)28-25(31)27-23(30)20(16-8-4-2-5-9-16)17-10-6-3-7-11-17/h2-11,15,20H,12-14H2,1H3,(H2,26,29)(H2,27,28,30,31)/t15-/m1/s1. The number of rotatable bonds is 5. The normalized spacial score (nSPS) is 15.1. The number of carbonyl (C=O) groups excluding carboxylic acids is 2. The molecule has 0 saturated heterocycles. The minimum absolute atomic E-state index is 0.154. The first-order valence-corrected chi connectivity index (χ1v) is 11.8. The number of thiophene rings is 1. The van der Waals surface area contributed by atoms with Crippen LogP contribution in [-0.2, 0) is 17.6 Å². The summed E-state index contributed by atoms with van der Waals surface area (Å²) in [6.07, 6.45) is 2.78. The van der Waals surface area contributed by atoms with Crippen molar-refractivity contribution in [2.45, 2.75) is 32.1 Å². The summed E-state index contributed by atoms with van der Waals surface area (Å²) in [6.45, 7) is 2.21. The molecule has 0 aliphatic heterocycles. The Bertz CT molecular complexity index is 1100. The van der Waals surface area contributed by atoms with Gasteiger partial charge in [0.1, 0.15) is 5.00 Å². The highest BCUT2D eigenvalue weighted by molar-refractivity contribution is 7.80. The molecule has 4 N–H and O–H groups in total. The number of hydrogen-bond donors (Lipinski definition) is 3. The van der Waals surface area contributed by atoms with Gasteiger partial charge in [0, 0.05) is 4.88 Å². The van der Waals surface area contributed by atoms with Gasteiger partial charge in [-0.2, -0.15) is 0 Å². The zero-order chi connectivity index (χ0) is 22.7. The van der Waals surface area contributed by atoms with E-state index in [1.807, 2.05) is 60.7 Å². The number of amides is 2. The molecule has 1 heterocycles. The number of fused-ring (bicyclic) bond motifs is 1. The molecule has 0 unspecified atom stereocenters. The monoisotopic (exact) mass is 463 g/mol. The Morgan fingerprint density at radius 3 is 2.22 bits per heavy atom. The van der Waals surface area contributed by atoms with Crippen molar-refractivity contribution < 1.29 is 9.59 Å². The summed E-state index contributed by atoms with van der Waals surface area (Å²) in [4.78, 5) is 26.6. The number of hydrogen-bond acceptors (Lipinski definition) is 4. The first-order chi connectivity index (χ1) is 15.4. The highest BCUT2D eigenvalue weighted by Gasteiger charge is 2.28. The van der Waals surface area contributed by atoms with Crippen LogP contribution < -0.4 is 16.4 Å². The third-order valence-corrected chi connectivity index (χ3v) is 7.12. The summed E-state index contributed by atoms with van der Waals surface area (Å²) in [7, 11) is 0. The van der Waals surface area contributed by atoms with Gasteiger partial charge in [-0.1, -0.05) is 67.6 Å². The Morgan fingerprint density at radius 2 is 1.66 bits per heavy atom. The fourth-order valence-corrected chi connectivity index (χ4v) is 5.89. The van der Waals surface area contributed by atoms with Crippen molar-refractivity contribution in [2.75, 3.05) is 5.32 Å². The highest BCUT2D eigenvalue weighted by Crippen LogP contribution is 2.39. The molecule has 1 aliphatic carbocycles. The molecule has 1 aromatic heterocycles.